The summed E-state index contributed by atoms with van der Waals surface area (Å²) >= 11 is 2.74. The highest BCUT2D eigenvalue weighted by atomic mass is 32.1. The second-order valence-corrected chi connectivity index (χ2v) is 10.5. The number of carbonyl (C=O) groups is 2. The largest absolute Gasteiger partial charge is 0.507 e. The SMILES string of the molecule is COc1cc2sc(N3C(=O)C(=O)/C(=C(/O)c4cccc5ccccc45)C3c3cccs3)nc2cc1C. The van der Waals surface area contributed by atoms with Crippen molar-refractivity contribution in [2.24, 2.45) is 0 Å². The number of hydrogen-bond acceptors (Lipinski definition) is 7. The summed E-state index contributed by atoms with van der Waals surface area (Å²) < 4.78 is 6.29. The van der Waals surface area contributed by atoms with Crippen molar-refractivity contribution in [3.05, 3.63) is 93.7 Å². The van der Waals surface area contributed by atoms with Gasteiger partial charge in [0.1, 0.15) is 17.6 Å². The van der Waals surface area contributed by atoms with Crippen molar-refractivity contribution in [3.63, 3.8) is 0 Å². The Kier molecular flexibility index (Phi) is 5.35. The Labute approximate surface area is 214 Å². The van der Waals surface area contributed by atoms with Gasteiger partial charge in [0.05, 0.1) is 22.9 Å². The smallest absolute Gasteiger partial charge is 0.301 e. The number of thiazole rings is 1. The second kappa shape index (κ2) is 8.58. The van der Waals surface area contributed by atoms with Gasteiger partial charge in [-0.05, 0) is 46.8 Å². The van der Waals surface area contributed by atoms with Crippen molar-refractivity contribution in [2.75, 3.05) is 12.0 Å². The highest BCUT2D eigenvalue weighted by molar-refractivity contribution is 7.22. The van der Waals surface area contributed by atoms with Crippen molar-refractivity contribution in [1.82, 2.24) is 4.98 Å². The molecular weight excluding hydrogens is 492 g/mol. The maximum atomic E-state index is 13.5. The van der Waals surface area contributed by atoms with Gasteiger partial charge >= 0.3 is 5.91 Å². The van der Waals surface area contributed by atoms with Crippen molar-refractivity contribution >= 4 is 66.2 Å². The van der Waals surface area contributed by atoms with Gasteiger partial charge in [0.15, 0.2) is 5.13 Å². The third-order valence-electron chi connectivity index (χ3n) is 6.40. The van der Waals surface area contributed by atoms with E-state index in [0.717, 1.165) is 31.7 Å². The number of benzene rings is 3. The first-order chi connectivity index (χ1) is 17.5. The van der Waals surface area contributed by atoms with Crippen molar-refractivity contribution in [1.29, 1.82) is 0 Å². The van der Waals surface area contributed by atoms with Crippen LogP contribution in [0.1, 0.15) is 22.0 Å². The van der Waals surface area contributed by atoms with E-state index in [1.54, 1.807) is 13.2 Å². The van der Waals surface area contributed by atoms with Gasteiger partial charge in [0, 0.05) is 10.4 Å². The number of aryl methyl sites for hydroxylation is 1. The van der Waals surface area contributed by atoms with E-state index in [9.17, 15) is 14.7 Å². The number of ether oxygens (including phenoxy) is 1. The van der Waals surface area contributed by atoms with Crippen molar-refractivity contribution in [3.8, 4) is 5.75 Å². The van der Waals surface area contributed by atoms with Crippen LogP contribution >= 0.6 is 22.7 Å². The molecule has 1 atom stereocenters. The van der Waals surface area contributed by atoms with Crippen LogP contribution in [-0.2, 0) is 9.59 Å². The lowest BCUT2D eigenvalue weighted by Gasteiger charge is -2.21. The van der Waals surface area contributed by atoms with Crippen molar-refractivity contribution in [2.45, 2.75) is 13.0 Å². The van der Waals surface area contributed by atoms with Crippen LogP contribution in [0.25, 0.3) is 26.7 Å². The minimum atomic E-state index is -0.785. The van der Waals surface area contributed by atoms with E-state index in [0.29, 0.717) is 16.2 Å². The minimum absolute atomic E-state index is 0.0619. The maximum Gasteiger partial charge on any atom is 0.301 e. The number of ketones is 1. The van der Waals surface area contributed by atoms with Gasteiger partial charge in [-0.2, -0.15) is 0 Å². The molecule has 3 aromatic carbocycles. The van der Waals surface area contributed by atoms with E-state index in [1.165, 1.54) is 27.6 Å². The number of rotatable bonds is 4. The quantitative estimate of drug-likeness (QED) is 0.170. The number of anilines is 1. The summed E-state index contributed by atoms with van der Waals surface area (Å²) in [4.78, 5) is 33.8. The number of nitrogens with zero attached hydrogens (tertiary/aromatic N) is 2. The molecule has 0 bridgehead atoms. The molecule has 8 heteroatoms. The molecule has 5 aromatic rings. The molecule has 0 saturated carbocycles. The predicted molar refractivity (Wildman–Crippen MR) is 144 cm³/mol. The fraction of sp³-hybridized carbons (Fsp3) is 0.107. The third kappa shape index (κ3) is 3.41. The van der Waals surface area contributed by atoms with E-state index < -0.39 is 17.7 Å². The van der Waals surface area contributed by atoms with E-state index in [4.69, 9.17) is 9.72 Å². The summed E-state index contributed by atoms with van der Waals surface area (Å²) in [5, 5.41) is 15.6. The molecule has 2 aromatic heterocycles. The van der Waals surface area contributed by atoms with Crippen molar-refractivity contribution < 1.29 is 19.4 Å². The van der Waals surface area contributed by atoms with Gasteiger partial charge < -0.3 is 9.84 Å². The second-order valence-electron chi connectivity index (χ2n) is 8.50. The molecule has 1 aliphatic heterocycles. The number of carbonyl (C=O) groups excluding carboxylic acids is 2. The van der Waals surface area contributed by atoms with Crippen LogP contribution < -0.4 is 9.64 Å². The lowest BCUT2D eigenvalue weighted by Crippen LogP contribution is -2.28. The van der Waals surface area contributed by atoms with Gasteiger partial charge in [-0.15, -0.1) is 11.3 Å². The first-order valence-corrected chi connectivity index (χ1v) is 12.9. The summed E-state index contributed by atoms with van der Waals surface area (Å²) in [6, 6.07) is 19.9. The molecule has 1 amide bonds. The van der Waals surface area contributed by atoms with Crippen LogP contribution in [0.4, 0.5) is 5.13 Å². The summed E-state index contributed by atoms with van der Waals surface area (Å²) in [6.45, 7) is 1.93. The molecule has 6 rings (SSSR count). The number of fused-ring (bicyclic) bond motifs is 2. The number of hydrogen-bond donors (Lipinski definition) is 1. The summed E-state index contributed by atoms with van der Waals surface area (Å²) in [6.07, 6.45) is 0. The highest BCUT2D eigenvalue weighted by Gasteiger charge is 2.48. The standard InChI is InChI=1S/C28H20N2O4S2/c1-15-13-19-22(14-20(15)34-2)36-28(29-19)30-24(21-11-6-12-35-21)23(26(32)27(30)33)25(31)18-10-5-8-16-7-3-4-9-17(16)18/h3-14,24,31H,1-2H3/b25-23+. The molecule has 36 heavy (non-hydrogen) atoms. The molecule has 178 valence electrons. The molecule has 1 aliphatic rings. The molecule has 0 radical (unpaired) electrons. The molecular formula is C28H20N2O4S2. The number of aliphatic hydroxyl groups excluding tert-OH is 1. The zero-order valence-electron chi connectivity index (χ0n) is 19.4. The Morgan fingerprint density at radius 2 is 1.86 bits per heavy atom. The van der Waals surface area contributed by atoms with Crippen LogP contribution in [0.15, 0.2) is 77.7 Å². The molecule has 1 unspecified atom stereocenters. The summed E-state index contributed by atoms with van der Waals surface area (Å²) in [7, 11) is 1.61. The summed E-state index contributed by atoms with van der Waals surface area (Å²) in [5.74, 6) is -0.903. The monoisotopic (exact) mass is 512 g/mol. The molecule has 3 heterocycles. The summed E-state index contributed by atoms with van der Waals surface area (Å²) in [5.41, 5.74) is 2.22. The molecule has 1 N–H and O–H groups in total. The number of amides is 1. The van der Waals surface area contributed by atoms with E-state index in [1.807, 2.05) is 73.0 Å². The van der Waals surface area contributed by atoms with E-state index in [-0.39, 0.29) is 11.3 Å². The molecule has 1 saturated heterocycles. The van der Waals surface area contributed by atoms with Crippen LogP contribution in [0, 0.1) is 6.92 Å². The first-order valence-electron chi connectivity index (χ1n) is 11.3. The first kappa shape index (κ1) is 22.5. The highest BCUT2D eigenvalue weighted by Crippen LogP contribution is 2.46. The van der Waals surface area contributed by atoms with Gasteiger partial charge in [0.2, 0.25) is 0 Å². The van der Waals surface area contributed by atoms with Crippen LogP contribution in [-0.4, -0.2) is 28.9 Å². The number of Topliss-reactive ketones (excluding diaryl/α,β-unsaturated/α-hetero) is 1. The Morgan fingerprint density at radius 1 is 1.06 bits per heavy atom. The van der Waals surface area contributed by atoms with Gasteiger partial charge in [-0.1, -0.05) is 59.9 Å². The fourth-order valence-corrected chi connectivity index (χ4v) is 6.52. The van der Waals surface area contributed by atoms with Crippen LogP contribution in [0.2, 0.25) is 0 Å². The number of methoxy groups -OCH3 is 1. The average Bonchev–Trinajstić information content (AvgIpc) is 3.61. The van der Waals surface area contributed by atoms with Gasteiger partial charge in [-0.25, -0.2) is 4.98 Å². The maximum absolute atomic E-state index is 13.5. The molecule has 1 fully saturated rings. The zero-order chi connectivity index (χ0) is 25.0. The number of aromatic nitrogens is 1. The molecule has 6 nitrogen and oxygen atoms in total. The average molecular weight is 513 g/mol. The Bertz CT molecular complexity index is 1700. The fourth-order valence-electron chi connectivity index (χ4n) is 4.69. The van der Waals surface area contributed by atoms with Gasteiger partial charge in [0.25, 0.3) is 5.78 Å². The zero-order valence-corrected chi connectivity index (χ0v) is 21.0. The molecule has 0 spiro atoms. The number of thiophene rings is 1. The predicted octanol–water partition coefficient (Wildman–Crippen LogP) is 6.45. The minimum Gasteiger partial charge on any atom is -0.507 e. The van der Waals surface area contributed by atoms with Crippen LogP contribution in [0.3, 0.4) is 0 Å². The molecule has 0 aliphatic carbocycles. The topological polar surface area (TPSA) is 79.7 Å². The lowest BCUT2D eigenvalue weighted by atomic mass is 9.96. The number of aliphatic hydroxyl groups is 1. The van der Waals surface area contributed by atoms with Gasteiger partial charge in [-0.3, -0.25) is 14.5 Å². The Morgan fingerprint density at radius 3 is 2.64 bits per heavy atom. The Balaban J connectivity index is 1.57. The third-order valence-corrected chi connectivity index (χ3v) is 8.34. The van der Waals surface area contributed by atoms with Crippen LogP contribution in [0.5, 0.6) is 5.75 Å². The lowest BCUT2D eigenvalue weighted by molar-refractivity contribution is -0.132. The normalized spacial score (nSPS) is 17.4. The van der Waals surface area contributed by atoms with E-state index >= 15 is 0 Å². The Hall–Kier alpha value is -4.01. The van der Waals surface area contributed by atoms with E-state index in [2.05, 4.69) is 0 Å².